The van der Waals surface area contributed by atoms with Crippen molar-refractivity contribution in [2.75, 3.05) is 0 Å². The molecule has 54 valence electrons. The molecule has 1 aliphatic rings. The molecular weight excluding hydrogens is 112 g/mol. The van der Waals surface area contributed by atoms with Crippen molar-refractivity contribution in [3.05, 3.63) is 0 Å². The summed E-state index contributed by atoms with van der Waals surface area (Å²) in [6.45, 7) is 6.15. The lowest BCUT2D eigenvalue weighted by Crippen LogP contribution is -2.33. The fraction of sp³-hybridized carbons (Fsp3) is 1.00. The Morgan fingerprint density at radius 2 is 2.00 bits per heavy atom. The summed E-state index contributed by atoms with van der Waals surface area (Å²) in [5.74, 6) is 0. The van der Waals surface area contributed by atoms with Gasteiger partial charge < -0.3 is 5.11 Å². The fourth-order valence-corrected chi connectivity index (χ4v) is 1.15. The average molecular weight is 128 g/mol. The van der Waals surface area contributed by atoms with E-state index in [1.54, 1.807) is 0 Å². The highest BCUT2D eigenvalue weighted by Crippen LogP contribution is 2.54. The molecule has 1 heteroatoms. The van der Waals surface area contributed by atoms with Gasteiger partial charge in [0.15, 0.2) is 0 Å². The molecule has 0 aliphatic heterocycles. The van der Waals surface area contributed by atoms with Gasteiger partial charge in [0.1, 0.15) is 0 Å². The summed E-state index contributed by atoms with van der Waals surface area (Å²) >= 11 is 0. The van der Waals surface area contributed by atoms with E-state index in [2.05, 4.69) is 6.92 Å². The van der Waals surface area contributed by atoms with Crippen LogP contribution in [0.1, 0.15) is 40.0 Å². The third-order valence-corrected chi connectivity index (χ3v) is 2.99. The highest BCUT2D eigenvalue weighted by atomic mass is 16.3. The Labute approximate surface area is 57.1 Å². The van der Waals surface area contributed by atoms with Gasteiger partial charge in [-0.25, -0.2) is 0 Å². The molecule has 1 atom stereocenters. The van der Waals surface area contributed by atoms with Gasteiger partial charge in [-0.1, -0.05) is 13.8 Å². The van der Waals surface area contributed by atoms with Gasteiger partial charge in [0.05, 0.1) is 5.60 Å². The van der Waals surface area contributed by atoms with Crippen molar-refractivity contribution in [2.24, 2.45) is 5.41 Å². The summed E-state index contributed by atoms with van der Waals surface area (Å²) in [5.41, 5.74) is -0.158. The molecule has 9 heavy (non-hydrogen) atoms. The van der Waals surface area contributed by atoms with Gasteiger partial charge in [0.25, 0.3) is 0 Å². The third-order valence-electron chi connectivity index (χ3n) is 2.99. The average Bonchev–Trinajstić information content (AvgIpc) is 2.49. The van der Waals surface area contributed by atoms with E-state index in [-0.39, 0.29) is 5.41 Å². The van der Waals surface area contributed by atoms with Gasteiger partial charge in [-0.05, 0) is 31.6 Å². The molecule has 0 heterocycles. The summed E-state index contributed by atoms with van der Waals surface area (Å²) in [4.78, 5) is 0. The second-order valence-corrected chi connectivity index (χ2v) is 3.69. The lowest BCUT2D eigenvalue weighted by molar-refractivity contribution is -0.0108. The van der Waals surface area contributed by atoms with E-state index in [0.29, 0.717) is 0 Å². The van der Waals surface area contributed by atoms with Crippen LogP contribution in [0, 0.1) is 5.41 Å². The minimum absolute atomic E-state index is 0.252. The lowest BCUT2D eigenvalue weighted by Gasteiger charge is -2.28. The predicted octanol–water partition coefficient (Wildman–Crippen LogP) is 1.95. The van der Waals surface area contributed by atoms with E-state index in [1.165, 1.54) is 12.8 Å². The SMILES string of the molecule is CCC(C)(O)C1(C)CC1. The monoisotopic (exact) mass is 128 g/mol. The summed E-state index contributed by atoms with van der Waals surface area (Å²) < 4.78 is 0. The zero-order chi connectivity index (χ0) is 7.12. The molecule has 0 spiro atoms. The first-order valence-corrected chi connectivity index (χ1v) is 3.74. The summed E-state index contributed by atoms with van der Waals surface area (Å²) in [6, 6.07) is 0. The highest BCUT2D eigenvalue weighted by Gasteiger charge is 2.50. The van der Waals surface area contributed by atoms with Gasteiger partial charge in [0.2, 0.25) is 0 Å². The van der Waals surface area contributed by atoms with E-state index >= 15 is 0 Å². The molecule has 0 bridgehead atoms. The first kappa shape index (κ1) is 7.07. The molecule has 1 saturated carbocycles. The third kappa shape index (κ3) is 0.983. The second kappa shape index (κ2) is 1.72. The Morgan fingerprint density at radius 1 is 1.56 bits per heavy atom. The Morgan fingerprint density at radius 3 is 2.11 bits per heavy atom. The van der Waals surface area contributed by atoms with Crippen molar-refractivity contribution in [3.63, 3.8) is 0 Å². The molecule has 1 N–H and O–H groups in total. The quantitative estimate of drug-likeness (QED) is 0.602. The lowest BCUT2D eigenvalue weighted by atomic mass is 9.85. The standard InChI is InChI=1S/C8H16O/c1-4-8(3,9)7(2)5-6-7/h9H,4-6H2,1-3H3. The largest absolute Gasteiger partial charge is 0.390 e. The number of hydrogen-bond acceptors (Lipinski definition) is 1. The van der Waals surface area contributed by atoms with Crippen molar-refractivity contribution in [3.8, 4) is 0 Å². The van der Waals surface area contributed by atoms with Gasteiger partial charge >= 0.3 is 0 Å². The Bertz CT molecular complexity index is 112. The van der Waals surface area contributed by atoms with Crippen molar-refractivity contribution in [2.45, 2.75) is 45.6 Å². The molecule has 0 radical (unpaired) electrons. The highest BCUT2D eigenvalue weighted by molar-refractivity contribution is 5.02. The number of rotatable bonds is 2. The van der Waals surface area contributed by atoms with Gasteiger partial charge in [-0.3, -0.25) is 0 Å². The van der Waals surface area contributed by atoms with Crippen LogP contribution in [-0.4, -0.2) is 10.7 Å². The zero-order valence-electron chi connectivity index (χ0n) is 6.57. The minimum Gasteiger partial charge on any atom is -0.390 e. The fourth-order valence-electron chi connectivity index (χ4n) is 1.15. The van der Waals surface area contributed by atoms with Crippen LogP contribution in [0.15, 0.2) is 0 Å². The number of hydrogen-bond donors (Lipinski definition) is 1. The molecule has 0 amide bonds. The van der Waals surface area contributed by atoms with Crippen LogP contribution in [0.25, 0.3) is 0 Å². The van der Waals surface area contributed by atoms with Crippen LogP contribution in [0.3, 0.4) is 0 Å². The molecule has 0 aromatic heterocycles. The van der Waals surface area contributed by atoms with Crippen LogP contribution in [0.2, 0.25) is 0 Å². The molecule has 0 aromatic rings. The van der Waals surface area contributed by atoms with E-state index in [0.717, 1.165) is 6.42 Å². The second-order valence-electron chi connectivity index (χ2n) is 3.69. The normalized spacial score (nSPS) is 29.3. The van der Waals surface area contributed by atoms with Crippen LogP contribution < -0.4 is 0 Å². The molecule has 1 aliphatic carbocycles. The van der Waals surface area contributed by atoms with Crippen LogP contribution in [0.4, 0.5) is 0 Å². The van der Waals surface area contributed by atoms with Crippen molar-refractivity contribution in [1.29, 1.82) is 0 Å². The maximum Gasteiger partial charge on any atom is 0.0670 e. The van der Waals surface area contributed by atoms with Crippen LogP contribution in [-0.2, 0) is 0 Å². The van der Waals surface area contributed by atoms with Gasteiger partial charge in [-0.2, -0.15) is 0 Å². The Hall–Kier alpha value is -0.0400. The van der Waals surface area contributed by atoms with E-state index in [4.69, 9.17) is 0 Å². The smallest absolute Gasteiger partial charge is 0.0670 e. The number of aliphatic hydroxyl groups is 1. The minimum atomic E-state index is -0.410. The maximum atomic E-state index is 9.72. The van der Waals surface area contributed by atoms with E-state index < -0.39 is 5.60 Å². The molecule has 0 saturated heterocycles. The zero-order valence-corrected chi connectivity index (χ0v) is 6.57. The van der Waals surface area contributed by atoms with Crippen molar-refractivity contribution in [1.82, 2.24) is 0 Å². The first-order valence-electron chi connectivity index (χ1n) is 3.74. The molecule has 1 rings (SSSR count). The summed E-state index contributed by atoms with van der Waals surface area (Å²) in [6.07, 6.45) is 3.28. The molecule has 0 aromatic carbocycles. The van der Waals surface area contributed by atoms with E-state index in [9.17, 15) is 5.11 Å². The predicted molar refractivity (Wildman–Crippen MR) is 38.3 cm³/mol. The van der Waals surface area contributed by atoms with Crippen LogP contribution >= 0.6 is 0 Å². The maximum absolute atomic E-state index is 9.72. The molecule has 1 fully saturated rings. The molecule has 1 nitrogen and oxygen atoms in total. The Balaban J connectivity index is 2.58. The van der Waals surface area contributed by atoms with Crippen LogP contribution in [0.5, 0.6) is 0 Å². The van der Waals surface area contributed by atoms with Gasteiger partial charge in [0, 0.05) is 0 Å². The topological polar surface area (TPSA) is 20.2 Å². The first-order chi connectivity index (χ1) is 4.02. The van der Waals surface area contributed by atoms with Crippen molar-refractivity contribution >= 4 is 0 Å². The van der Waals surface area contributed by atoms with Gasteiger partial charge in [-0.15, -0.1) is 0 Å². The summed E-state index contributed by atoms with van der Waals surface area (Å²) in [7, 11) is 0. The van der Waals surface area contributed by atoms with Crippen molar-refractivity contribution < 1.29 is 5.11 Å². The molecular formula is C8H16O. The Kier molecular flexibility index (Phi) is 1.35. The summed E-state index contributed by atoms with van der Waals surface area (Å²) in [5, 5.41) is 9.72. The molecule has 1 unspecified atom stereocenters. The van der Waals surface area contributed by atoms with E-state index in [1.807, 2.05) is 13.8 Å².